The highest BCUT2D eigenvalue weighted by Gasteiger charge is 2.11. The molecule has 3 rings (SSSR count). The molecule has 1 aliphatic rings. The molecule has 1 amide bonds. The number of hydrogen-bond donors (Lipinski definition) is 2. The second kappa shape index (κ2) is 6.87. The van der Waals surface area contributed by atoms with Crippen molar-refractivity contribution >= 4 is 5.91 Å². The van der Waals surface area contributed by atoms with Crippen molar-refractivity contribution in [3.05, 3.63) is 70.3 Å². The van der Waals surface area contributed by atoms with Gasteiger partial charge in [-0.05, 0) is 34.7 Å². The zero-order valence-corrected chi connectivity index (χ0v) is 12.7. The molecule has 0 atom stereocenters. The lowest BCUT2D eigenvalue weighted by atomic mass is 10.1. The SMILES string of the molecule is O=C(CCc1cccc(F)c1F)NCc1ccc2c(c1)CNC2. The van der Waals surface area contributed by atoms with Crippen LogP contribution < -0.4 is 10.6 Å². The third-order valence-corrected chi connectivity index (χ3v) is 4.04. The fourth-order valence-corrected chi connectivity index (χ4v) is 2.74. The van der Waals surface area contributed by atoms with Crippen LogP contribution >= 0.6 is 0 Å². The van der Waals surface area contributed by atoms with E-state index in [1.165, 1.54) is 23.3 Å². The number of halogens is 2. The summed E-state index contributed by atoms with van der Waals surface area (Å²) in [6.07, 6.45) is 0.316. The first-order valence-electron chi connectivity index (χ1n) is 7.64. The summed E-state index contributed by atoms with van der Waals surface area (Å²) in [4.78, 5) is 11.9. The van der Waals surface area contributed by atoms with Crippen molar-refractivity contribution in [2.75, 3.05) is 0 Å². The molecule has 0 bridgehead atoms. The van der Waals surface area contributed by atoms with Gasteiger partial charge in [0.2, 0.25) is 5.91 Å². The highest BCUT2D eigenvalue weighted by atomic mass is 19.2. The molecule has 120 valence electrons. The van der Waals surface area contributed by atoms with Crippen molar-refractivity contribution in [2.45, 2.75) is 32.5 Å². The van der Waals surface area contributed by atoms with Gasteiger partial charge < -0.3 is 10.6 Å². The van der Waals surface area contributed by atoms with Crippen molar-refractivity contribution in [3.8, 4) is 0 Å². The number of nitrogens with one attached hydrogen (secondary N) is 2. The normalized spacial score (nSPS) is 13.0. The summed E-state index contributed by atoms with van der Waals surface area (Å²) in [7, 11) is 0. The standard InChI is InChI=1S/C18H18F2N2O/c19-16-3-1-2-13(18(16)20)6-7-17(23)22-9-12-4-5-14-10-21-11-15(14)8-12/h1-5,8,21H,6-7,9-11H2,(H,22,23). The Morgan fingerprint density at radius 2 is 1.96 bits per heavy atom. The Balaban J connectivity index is 1.51. The van der Waals surface area contributed by atoms with Crippen LogP contribution in [0.4, 0.5) is 8.78 Å². The van der Waals surface area contributed by atoms with E-state index in [0.29, 0.717) is 6.54 Å². The molecule has 5 heteroatoms. The van der Waals surface area contributed by atoms with Crippen molar-refractivity contribution in [3.63, 3.8) is 0 Å². The molecule has 0 radical (unpaired) electrons. The summed E-state index contributed by atoms with van der Waals surface area (Å²) < 4.78 is 26.6. The van der Waals surface area contributed by atoms with Crippen molar-refractivity contribution in [1.29, 1.82) is 0 Å². The predicted molar refractivity (Wildman–Crippen MR) is 83.5 cm³/mol. The van der Waals surface area contributed by atoms with Gasteiger partial charge in [-0.1, -0.05) is 30.3 Å². The van der Waals surface area contributed by atoms with Gasteiger partial charge in [0.25, 0.3) is 0 Å². The Hall–Kier alpha value is -2.27. The molecule has 0 aromatic heterocycles. The molecule has 2 N–H and O–H groups in total. The van der Waals surface area contributed by atoms with E-state index in [2.05, 4.69) is 22.8 Å². The minimum Gasteiger partial charge on any atom is -0.352 e. The van der Waals surface area contributed by atoms with E-state index >= 15 is 0 Å². The van der Waals surface area contributed by atoms with E-state index in [0.717, 1.165) is 24.7 Å². The van der Waals surface area contributed by atoms with Gasteiger partial charge in [0.15, 0.2) is 11.6 Å². The number of hydrogen-bond acceptors (Lipinski definition) is 2. The van der Waals surface area contributed by atoms with Crippen LogP contribution in [0.2, 0.25) is 0 Å². The van der Waals surface area contributed by atoms with Gasteiger partial charge in [-0.3, -0.25) is 4.79 Å². The van der Waals surface area contributed by atoms with Gasteiger partial charge in [-0.15, -0.1) is 0 Å². The first-order chi connectivity index (χ1) is 11.1. The number of fused-ring (bicyclic) bond motifs is 1. The zero-order chi connectivity index (χ0) is 16.2. The van der Waals surface area contributed by atoms with Gasteiger partial charge >= 0.3 is 0 Å². The van der Waals surface area contributed by atoms with Crippen LogP contribution in [0.25, 0.3) is 0 Å². The number of benzene rings is 2. The molecule has 0 fully saturated rings. The van der Waals surface area contributed by atoms with Crippen LogP contribution in [0.15, 0.2) is 36.4 Å². The maximum atomic E-state index is 13.5. The lowest BCUT2D eigenvalue weighted by Gasteiger charge is -2.08. The lowest BCUT2D eigenvalue weighted by molar-refractivity contribution is -0.121. The van der Waals surface area contributed by atoms with Crippen LogP contribution in [0.5, 0.6) is 0 Å². The number of carbonyl (C=O) groups is 1. The van der Waals surface area contributed by atoms with Crippen LogP contribution in [-0.4, -0.2) is 5.91 Å². The molecule has 0 saturated heterocycles. The van der Waals surface area contributed by atoms with Crippen LogP contribution in [0.1, 0.15) is 28.7 Å². The van der Waals surface area contributed by atoms with Crippen molar-refractivity contribution in [1.82, 2.24) is 10.6 Å². The highest BCUT2D eigenvalue weighted by molar-refractivity contribution is 5.76. The van der Waals surface area contributed by atoms with Crippen LogP contribution in [0, 0.1) is 11.6 Å². The molecule has 23 heavy (non-hydrogen) atoms. The average Bonchev–Trinajstić information content (AvgIpc) is 3.02. The Labute approximate surface area is 133 Å². The van der Waals surface area contributed by atoms with E-state index in [1.54, 1.807) is 0 Å². The minimum absolute atomic E-state index is 0.132. The maximum absolute atomic E-state index is 13.5. The fraction of sp³-hybridized carbons (Fsp3) is 0.278. The summed E-state index contributed by atoms with van der Waals surface area (Å²) in [5, 5.41) is 6.09. The van der Waals surface area contributed by atoms with Gasteiger partial charge in [-0.25, -0.2) is 8.78 Å². The van der Waals surface area contributed by atoms with Crippen LogP contribution in [-0.2, 0) is 30.8 Å². The van der Waals surface area contributed by atoms with Gasteiger partial charge in [0, 0.05) is 26.1 Å². The minimum atomic E-state index is -0.880. The number of aryl methyl sites for hydroxylation is 1. The first kappa shape index (κ1) is 15.6. The predicted octanol–water partition coefficient (Wildman–Crippen LogP) is 2.82. The maximum Gasteiger partial charge on any atom is 0.220 e. The third kappa shape index (κ3) is 3.74. The molecular formula is C18H18F2N2O. The summed E-state index contributed by atoms with van der Waals surface area (Å²) in [6, 6.07) is 10.2. The van der Waals surface area contributed by atoms with Gasteiger partial charge in [0.05, 0.1) is 0 Å². The highest BCUT2D eigenvalue weighted by Crippen LogP contribution is 2.17. The first-order valence-corrected chi connectivity index (χ1v) is 7.64. The smallest absolute Gasteiger partial charge is 0.220 e. The zero-order valence-electron chi connectivity index (χ0n) is 12.7. The molecule has 1 heterocycles. The fourth-order valence-electron chi connectivity index (χ4n) is 2.74. The third-order valence-electron chi connectivity index (χ3n) is 4.04. The lowest BCUT2D eigenvalue weighted by Crippen LogP contribution is -2.23. The molecule has 2 aromatic rings. The molecule has 1 aliphatic heterocycles. The second-order valence-electron chi connectivity index (χ2n) is 5.70. The molecule has 2 aromatic carbocycles. The molecular weight excluding hydrogens is 298 g/mol. The van der Waals surface area contributed by atoms with Crippen molar-refractivity contribution in [2.24, 2.45) is 0 Å². The van der Waals surface area contributed by atoms with Crippen molar-refractivity contribution < 1.29 is 13.6 Å². The Morgan fingerprint density at radius 1 is 1.13 bits per heavy atom. The average molecular weight is 316 g/mol. The summed E-state index contributed by atoms with van der Waals surface area (Å²) in [6.45, 7) is 2.19. The molecule has 3 nitrogen and oxygen atoms in total. The van der Waals surface area contributed by atoms with E-state index in [9.17, 15) is 13.6 Å². The number of rotatable bonds is 5. The van der Waals surface area contributed by atoms with E-state index < -0.39 is 11.6 Å². The monoisotopic (exact) mass is 316 g/mol. The van der Waals surface area contributed by atoms with Crippen LogP contribution in [0.3, 0.4) is 0 Å². The summed E-state index contributed by atoms with van der Waals surface area (Å²) in [5.74, 6) is -1.92. The number of amides is 1. The summed E-state index contributed by atoms with van der Waals surface area (Å²) >= 11 is 0. The topological polar surface area (TPSA) is 41.1 Å². The van der Waals surface area contributed by atoms with Gasteiger partial charge in [0.1, 0.15) is 0 Å². The Bertz CT molecular complexity index is 731. The second-order valence-corrected chi connectivity index (χ2v) is 5.70. The molecule has 0 saturated carbocycles. The quantitative estimate of drug-likeness (QED) is 0.890. The molecule has 0 unspecified atom stereocenters. The Morgan fingerprint density at radius 3 is 2.83 bits per heavy atom. The number of carbonyl (C=O) groups excluding carboxylic acids is 1. The summed E-state index contributed by atoms with van der Waals surface area (Å²) in [5.41, 5.74) is 3.82. The Kier molecular flexibility index (Phi) is 4.67. The largest absolute Gasteiger partial charge is 0.352 e. The molecule has 0 spiro atoms. The van der Waals surface area contributed by atoms with E-state index in [-0.39, 0.29) is 24.3 Å². The van der Waals surface area contributed by atoms with E-state index in [4.69, 9.17) is 0 Å². The molecule has 0 aliphatic carbocycles. The van der Waals surface area contributed by atoms with E-state index in [1.807, 2.05) is 6.07 Å². The van der Waals surface area contributed by atoms with Gasteiger partial charge in [-0.2, -0.15) is 0 Å².